The smallest absolute Gasteiger partial charge is 0.433 e. The van der Waals surface area contributed by atoms with Gasteiger partial charge in [-0.15, -0.1) is 0 Å². The first-order chi connectivity index (χ1) is 13.5. The van der Waals surface area contributed by atoms with Crippen molar-refractivity contribution in [2.24, 2.45) is 0 Å². The van der Waals surface area contributed by atoms with Crippen molar-refractivity contribution in [3.05, 3.63) is 42.5 Å². The molecule has 29 heavy (non-hydrogen) atoms. The zero-order chi connectivity index (χ0) is 21.2. The van der Waals surface area contributed by atoms with Gasteiger partial charge in [0.2, 0.25) is 0 Å². The Kier molecular flexibility index (Phi) is 5.23. The van der Waals surface area contributed by atoms with Gasteiger partial charge in [0.15, 0.2) is 5.82 Å². The molecule has 8 nitrogen and oxygen atoms in total. The molecule has 0 aliphatic rings. The molecule has 0 radical (unpaired) electrons. The zero-order valence-corrected chi connectivity index (χ0v) is 15.7. The number of hydrogen-bond acceptors (Lipinski definition) is 7. The van der Waals surface area contributed by atoms with Crippen LogP contribution in [0, 0.1) is 0 Å². The average molecular weight is 406 g/mol. The van der Waals surface area contributed by atoms with Gasteiger partial charge in [-0.2, -0.15) is 13.2 Å². The minimum atomic E-state index is -4.58. The summed E-state index contributed by atoms with van der Waals surface area (Å²) in [5.41, 5.74) is -0.914. The normalized spacial score (nSPS) is 11.9. The molecule has 3 aromatic heterocycles. The summed E-state index contributed by atoms with van der Waals surface area (Å²) in [7, 11) is 0. The maximum Gasteiger partial charge on any atom is 0.433 e. The summed E-state index contributed by atoms with van der Waals surface area (Å²) in [6.45, 7) is 5.17. The van der Waals surface area contributed by atoms with E-state index < -0.39 is 23.6 Å². The minimum absolute atomic E-state index is 0.125. The Labute approximate surface area is 163 Å². The predicted octanol–water partition coefficient (Wildman–Crippen LogP) is 4.53. The van der Waals surface area contributed by atoms with Crippen LogP contribution in [0.25, 0.3) is 11.0 Å². The number of amides is 1. The molecule has 152 valence electrons. The Balaban J connectivity index is 1.90. The van der Waals surface area contributed by atoms with Gasteiger partial charge in [-0.1, -0.05) is 0 Å². The van der Waals surface area contributed by atoms with E-state index in [1.165, 1.54) is 18.5 Å². The van der Waals surface area contributed by atoms with Crippen LogP contribution >= 0.6 is 0 Å². The highest BCUT2D eigenvalue weighted by Crippen LogP contribution is 2.30. The maximum absolute atomic E-state index is 12.9. The SMILES string of the molecule is CC(C)(C)OC(=O)Nc1ccc2ncnc(Nc3ccnc(C(F)(F)F)c3)c2n1. The Bertz CT molecular complexity index is 1050. The van der Waals surface area contributed by atoms with Crippen molar-refractivity contribution in [3.63, 3.8) is 0 Å². The fourth-order valence-electron chi connectivity index (χ4n) is 2.31. The largest absolute Gasteiger partial charge is 0.444 e. The number of alkyl halides is 3. The third kappa shape index (κ3) is 5.27. The minimum Gasteiger partial charge on any atom is -0.444 e. The lowest BCUT2D eigenvalue weighted by molar-refractivity contribution is -0.141. The second-order valence-electron chi connectivity index (χ2n) is 6.97. The number of halogens is 3. The first-order valence-corrected chi connectivity index (χ1v) is 8.43. The van der Waals surface area contributed by atoms with Crippen molar-refractivity contribution >= 4 is 34.4 Å². The van der Waals surface area contributed by atoms with Gasteiger partial charge in [0, 0.05) is 11.9 Å². The number of nitrogens with one attached hydrogen (secondary N) is 2. The van der Waals surface area contributed by atoms with Gasteiger partial charge in [-0.25, -0.2) is 19.7 Å². The summed E-state index contributed by atoms with van der Waals surface area (Å²) in [6.07, 6.45) is -2.98. The summed E-state index contributed by atoms with van der Waals surface area (Å²) in [6, 6.07) is 5.34. The Morgan fingerprint density at radius 3 is 2.52 bits per heavy atom. The van der Waals surface area contributed by atoms with Gasteiger partial charge in [-0.05, 0) is 45.0 Å². The number of nitrogens with zero attached hydrogens (tertiary/aromatic N) is 4. The van der Waals surface area contributed by atoms with Crippen LogP contribution in [0.1, 0.15) is 26.5 Å². The third-order valence-corrected chi connectivity index (χ3v) is 3.42. The standard InChI is InChI=1S/C18H17F3N6O2/c1-17(2,3)29-16(28)27-13-5-4-11-14(26-13)15(24-9-23-11)25-10-6-7-22-12(8-10)18(19,20)21/h4-9H,1-3H3,(H,26,27,28)(H,22,23,24,25). The number of fused-ring (bicyclic) bond motifs is 1. The van der Waals surface area contributed by atoms with E-state index in [0.717, 1.165) is 12.3 Å². The van der Waals surface area contributed by atoms with E-state index in [1.54, 1.807) is 26.8 Å². The average Bonchev–Trinajstić information content (AvgIpc) is 2.60. The second-order valence-corrected chi connectivity index (χ2v) is 6.97. The van der Waals surface area contributed by atoms with Crippen LogP contribution in [0.4, 0.5) is 35.3 Å². The van der Waals surface area contributed by atoms with Crippen molar-refractivity contribution in [2.45, 2.75) is 32.5 Å². The van der Waals surface area contributed by atoms with Gasteiger partial charge >= 0.3 is 12.3 Å². The lowest BCUT2D eigenvalue weighted by Gasteiger charge is -2.19. The molecule has 0 aromatic carbocycles. The van der Waals surface area contributed by atoms with Gasteiger partial charge in [0.1, 0.15) is 29.0 Å². The number of anilines is 3. The van der Waals surface area contributed by atoms with E-state index in [0.29, 0.717) is 5.52 Å². The van der Waals surface area contributed by atoms with Crippen LogP contribution in [0.5, 0.6) is 0 Å². The molecule has 0 aliphatic heterocycles. The quantitative estimate of drug-likeness (QED) is 0.659. The van der Waals surface area contributed by atoms with E-state index in [2.05, 4.69) is 30.6 Å². The monoisotopic (exact) mass is 406 g/mol. The molecule has 2 N–H and O–H groups in total. The Hall–Kier alpha value is -3.50. The fourth-order valence-corrected chi connectivity index (χ4v) is 2.31. The summed E-state index contributed by atoms with van der Waals surface area (Å²) in [5, 5.41) is 5.28. The van der Waals surface area contributed by atoms with E-state index in [-0.39, 0.29) is 22.8 Å². The summed E-state index contributed by atoms with van der Waals surface area (Å²) < 4.78 is 43.8. The highest BCUT2D eigenvalue weighted by atomic mass is 19.4. The molecule has 3 heterocycles. The number of aromatic nitrogens is 4. The number of ether oxygens (including phenoxy) is 1. The van der Waals surface area contributed by atoms with E-state index >= 15 is 0 Å². The molecule has 0 fully saturated rings. The molecule has 0 unspecified atom stereocenters. The van der Waals surface area contributed by atoms with Crippen LogP contribution in [0.2, 0.25) is 0 Å². The first kappa shape index (κ1) is 20.2. The van der Waals surface area contributed by atoms with Crippen LogP contribution in [-0.2, 0) is 10.9 Å². The van der Waals surface area contributed by atoms with E-state index in [4.69, 9.17) is 4.74 Å². The van der Waals surface area contributed by atoms with Gasteiger partial charge in [0.05, 0.1) is 5.52 Å². The molecule has 1 amide bonds. The Morgan fingerprint density at radius 1 is 1.07 bits per heavy atom. The molecule has 0 bridgehead atoms. The topological polar surface area (TPSA) is 102 Å². The van der Waals surface area contributed by atoms with E-state index in [9.17, 15) is 18.0 Å². The fraction of sp³-hybridized carbons (Fsp3) is 0.278. The Morgan fingerprint density at radius 2 is 1.83 bits per heavy atom. The number of carbonyl (C=O) groups excluding carboxylic acids is 1. The van der Waals surface area contributed by atoms with Crippen molar-refractivity contribution in [3.8, 4) is 0 Å². The molecular formula is C18H17F3N6O2. The first-order valence-electron chi connectivity index (χ1n) is 8.43. The zero-order valence-electron chi connectivity index (χ0n) is 15.7. The van der Waals surface area contributed by atoms with Crippen LogP contribution in [0.15, 0.2) is 36.8 Å². The number of rotatable bonds is 3. The molecule has 3 aromatic rings. The van der Waals surface area contributed by atoms with E-state index in [1.807, 2.05) is 0 Å². The maximum atomic E-state index is 12.9. The van der Waals surface area contributed by atoms with Crippen LogP contribution < -0.4 is 10.6 Å². The molecule has 0 saturated heterocycles. The lowest BCUT2D eigenvalue weighted by Crippen LogP contribution is -2.27. The number of pyridine rings is 2. The summed E-state index contributed by atoms with van der Waals surface area (Å²) in [4.78, 5) is 27.6. The summed E-state index contributed by atoms with van der Waals surface area (Å²) in [5.74, 6) is 0.345. The molecule has 11 heteroatoms. The number of hydrogen-bond donors (Lipinski definition) is 2. The molecular weight excluding hydrogens is 389 g/mol. The molecule has 0 saturated carbocycles. The van der Waals surface area contributed by atoms with Crippen molar-refractivity contribution in [1.29, 1.82) is 0 Å². The lowest BCUT2D eigenvalue weighted by atomic mass is 10.2. The van der Waals surface area contributed by atoms with Crippen LogP contribution in [0.3, 0.4) is 0 Å². The number of carbonyl (C=O) groups is 1. The molecule has 0 atom stereocenters. The van der Waals surface area contributed by atoms with Crippen molar-refractivity contribution in [1.82, 2.24) is 19.9 Å². The molecule has 0 spiro atoms. The predicted molar refractivity (Wildman–Crippen MR) is 99.7 cm³/mol. The summed E-state index contributed by atoms with van der Waals surface area (Å²) >= 11 is 0. The van der Waals surface area contributed by atoms with Crippen LogP contribution in [-0.4, -0.2) is 31.6 Å². The van der Waals surface area contributed by atoms with Gasteiger partial charge in [-0.3, -0.25) is 10.3 Å². The van der Waals surface area contributed by atoms with Gasteiger partial charge in [0.25, 0.3) is 0 Å². The van der Waals surface area contributed by atoms with Crippen molar-refractivity contribution < 1.29 is 22.7 Å². The van der Waals surface area contributed by atoms with Gasteiger partial charge < -0.3 is 10.1 Å². The third-order valence-electron chi connectivity index (χ3n) is 3.42. The highest BCUT2D eigenvalue weighted by Gasteiger charge is 2.32. The molecule has 0 aliphatic carbocycles. The van der Waals surface area contributed by atoms with Crippen molar-refractivity contribution in [2.75, 3.05) is 10.6 Å². The second kappa shape index (κ2) is 7.49. The highest BCUT2D eigenvalue weighted by molar-refractivity contribution is 5.90. The molecule has 3 rings (SSSR count).